The number of amidine groups is 1. The van der Waals surface area contributed by atoms with Gasteiger partial charge in [0.1, 0.15) is 17.3 Å². The summed E-state index contributed by atoms with van der Waals surface area (Å²) in [5, 5.41) is 30.2. The Labute approximate surface area is 196 Å². The molecule has 8 N–H and O–H groups in total. The van der Waals surface area contributed by atoms with Gasteiger partial charge in [0.2, 0.25) is 11.1 Å². The fraction of sp³-hybridized carbons (Fsp3) is 0.0435. The summed E-state index contributed by atoms with van der Waals surface area (Å²) in [6, 6.07) is 14.6. The van der Waals surface area contributed by atoms with E-state index in [0.29, 0.717) is 11.1 Å². The largest absolute Gasteiger partial charge is 0.507 e. The number of nitrogen functional groups attached to an aromatic ring is 1. The summed E-state index contributed by atoms with van der Waals surface area (Å²) in [6.07, 6.45) is 0. The number of phenolic OH excluding ortho intramolecular Hbond substituents is 2. The summed E-state index contributed by atoms with van der Waals surface area (Å²) in [4.78, 5) is 12.7. The van der Waals surface area contributed by atoms with Gasteiger partial charge in [-0.15, -0.1) is 0 Å². The average Bonchev–Trinajstić information content (AvgIpc) is 2.83. The number of benzene rings is 3. The van der Waals surface area contributed by atoms with Crippen LogP contribution in [0, 0.1) is 5.41 Å². The van der Waals surface area contributed by atoms with Crippen LogP contribution in [0.2, 0.25) is 0 Å². The summed E-state index contributed by atoms with van der Waals surface area (Å²) in [7, 11) is 0. The highest BCUT2D eigenvalue weighted by Crippen LogP contribution is 2.34. The number of nitrogens with one attached hydrogen (secondary N) is 2. The maximum atomic E-state index is 14.9. The minimum absolute atomic E-state index is 0.00773. The number of halogens is 1. The van der Waals surface area contributed by atoms with E-state index in [1.165, 1.54) is 43.3 Å². The third-order valence-corrected chi connectivity index (χ3v) is 5.84. The lowest BCUT2D eigenvalue weighted by atomic mass is 10.0. The van der Waals surface area contributed by atoms with Crippen molar-refractivity contribution in [3.8, 4) is 22.6 Å². The zero-order valence-electron chi connectivity index (χ0n) is 17.8. The lowest BCUT2D eigenvalue weighted by Gasteiger charge is -2.12. The zero-order chi connectivity index (χ0) is 25.0. The molecule has 0 fully saturated rings. The van der Waals surface area contributed by atoms with Gasteiger partial charge in [-0.2, -0.15) is 10.2 Å². The van der Waals surface area contributed by atoms with Crippen molar-refractivity contribution in [1.29, 1.82) is 5.41 Å². The van der Waals surface area contributed by atoms with E-state index in [4.69, 9.17) is 17.0 Å². The van der Waals surface area contributed by atoms with Gasteiger partial charge in [-0.3, -0.25) is 10.2 Å². The van der Waals surface area contributed by atoms with Crippen molar-refractivity contribution in [2.24, 2.45) is 11.6 Å². The standard InChI is InChI=1S/C23H21FN4O5S/c1-12(16-10-14(22(25)26)7-9-18(16)29)21(24)23(31)28-17-8-6-13(11-19(17)30)15-4-2-3-5-20(15)34(32)33-27/h2-11,29-30H,27H2,1H3,(H3,25,26)(H,28,31). The van der Waals surface area contributed by atoms with Gasteiger partial charge in [-0.25, -0.2) is 8.60 Å². The molecule has 34 heavy (non-hydrogen) atoms. The van der Waals surface area contributed by atoms with Gasteiger partial charge in [-0.1, -0.05) is 24.3 Å². The van der Waals surface area contributed by atoms with Crippen LogP contribution in [0.4, 0.5) is 10.1 Å². The molecule has 0 heterocycles. The van der Waals surface area contributed by atoms with E-state index < -0.39 is 22.8 Å². The predicted molar refractivity (Wildman–Crippen MR) is 127 cm³/mol. The van der Waals surface area contributed by atoms with Gasteiger partial charge >= 0.3 is 0 Å². The van der Waals surface area contributed by atoms with Gasteiger partial charge in [0, 0.05) is 22.3 Å². The second-order valence-corrected chi connectivity index (χ2v) is 8.20. The Morgan fingerprint density at radius 2 is 1.79 bits per heavy atom. The molecule has 0 aromatic heterocycles. The van der Waals surface area contributed by atoms with Crippen molar-refractivity contribution in [3.63, 3.8) is 0 Å². The minimum Gasteiger partial charge on any atom is -0.507 e. The molecule has 0 saturated carbocycles. The van der Waals surface area contributed by atoms with E-state index in [0.717, 1.165) is 0 Å². The monoisotopic (exact) mass is 484 g/mol. The summed E-state index contributed by atoms with van der Waals surface area (Å²) in [5.74, 6) is 1.70. The van der Waals surface area contributed by atoms with Crippen LogP contribution in [0.25, 0.3) is 16.7 Å². The summed E-state index contributed by atoms with van der Waals surface area (Å²) < 4.78 is 31.3. The molecule has 0 spiro atoms. The predicted octanol–water partition coefficient (Wildman–Crippen LogP) is 3.30. The molecule has 0 bridgehead atoms. The topological polar surface area (TPSA) is 172 Å². The smallest absolute Gasteiger partial charge is 0.284 e. The van der Waals surface area contributed by atoms with Gasteiger partial charge in [0.25, 0.3) is 5.91 Å². The first-order valence-corrected chi connectivity index (χ1v) is 10.8. The highest BCUT2D eigenvalue weighted by Gasteiger charge is 2.19. The van der Waals surface area contributed by atoms with E-state index >= 15 is 0 Å². The number of nitrogens with two attached hydrogens (primary N) is 2. The number of phenols is 2. The fourth-order valence-electron chi connectivity index (χ4n) is 3.18. The van der Waals surface area contributed by atoms with Crippen molar-refractivity contribution >= 4 is 34.1 Å². The minimum atomic E-state index is -1.93. The quantitative estimate of drug-likeness (QED) is 0.0981. The Balaban J connectivity index is 1.90. The van der Waals surface area contributed by atoms with Crippen LogP contribution in [0.3, 0.4) is 0 Å². The van der Waals surface area contributed by atoms with Crippen molar-refractivity contribution in [2.45, 2.75) is 11.8 Å². The van der Waals surface area contributed by atoms with Gasteiger partial charge < -0.3 is 21.3 Å². The van der Waals surface area contributed by atoms with E-state index in [-0.39, 0.29) is 44.6 Å². The number of hydrogen-bond acceptors (Lipinski definition) is 7. The normalized spacial score (nSPS) is 12.6. The van der Waals surface area contributed by atoms with Gasteiger partial charge in [0.15, 0.2) is 5.83 Å². The lowest BCUT2D eigenvalue weighted by molar-refractivity contribution is -0.114. The van der Waals surface area contributed by atoms with Crippen LogP contribution in [-0.4, -0.2) is 26.2 Å². The highest BCUT2D eigenvalue weighted by atomic mass is 32.2. The molecule has 1 unspecified atom stereocenters. The number of anilines is 1. The Morgan fingerprint density at radius 1 is 1.09 bits per heavy atom. The van der Waals surface area contributed by atoms with Crippen molar-refractivity contribution in [3.05, 3.63) is 77.6 Å². The average molecular weight is 485 g/mol. The van der Waals surface area contributed by atoms with E-state index in [1.54, 1.807) is 24.3 Å². The highest BCUT2D eigenvalue weighted by molar-refractivity contribution is 7.80. The molecule has 0 aliphatic heterocycles. The second-order valence-electron chi connectivity index (χ2n) is 7.10. The number of hydrogen-bond donors (Lipinski definition) is 6. The number of carbonyl (C=O) groups excluding carboxylic acids is 1. The Morgan fingerprint density at radius 3 is 2.44 bits per heavy atom. The molecule has 3 rings (SSSR count). The summed E-state index contributed by atoms with van der Waals surface area (Å²) in [5.41, 5.74) is 6.33. The molecular formula is C23H21FN4O5S. The Kier molecular flexibility index (Phi) is 7.41. The van der Waals surface area contributed by atoms with Crippen LogP contribution in [0.15, 0.2) is 71.4 Å². The molecule has 9 nitrogen and oxygen atoms in total. The van der Waals surface area contributed by atoms with Crippen LogP contribution >= 0.6 is 0 Å². The second kappa shape index (κ2) is 10.3. The molecule has 176 valence electrons. The van der Waals surface area contributed by atoms with Gasteiger partial charge in [-0.05, 0) is 48.9 Å². The van der Waals surface area contributed by atoms with Crippen LogP contribution < -0.4 is 16.9 Å². The first-order chi connectivity index (χ1) is 16.1. The zero-order valence-corrected chi connectivity index (χ0v) is 18.7. The lowest BCUT2D eigenvalue weighted by Crippen LogP contribution is -2.14. The van der Waals surface area contributed by atoms with E-state index in [9.17, 15) is 23.6 Å². The maximum Gasteiger partial charge on any atom is 0.284 e. The summed E-state index contributed by atoms with van der Waals surface area (Å²) >= 11 is -1.93. The molecule has 0 radical (unpaired) electrons. The van der Waals surface area contributed by atoms with Crippen LogP contribution in [-0.2, 0) is 20.2 Å². The van der Waals surface area contributed by atoms with E-state index in [1.807, 2.05) is 0 Å². The Hall–Kier alpha value is -4.06. The first-order valence-electron chi connectivity index (χ1n) is 9.71. The number of allylic oxidation sites excluding steroid dienone is 1. The van der Waals surface area contributed by atoms with Crippen molar-refractivity contribution in [2.75, 3.05) is 5.32 Å². The molecule has 0 aliphatic rings. The molecule has 1 amide bonds. The third kappa shape index (κ3) is 5.12. The summed E-state index contributed by atoms with van der Waals surface area (Å²) in [6.45, 7) is 1.29. The maximum absolute atomic E-state index is 14.9. The molecule has 1 atom stereocenters. The third-order valence-electron chi connectivity index (χ3n) is 4.95. The number of aromatic hydroxyl groups is 2. The number of carbonyl (C=O) groups is 1. The molecular weight excluding hydrogens is 463 g/mol. The number of amides is 1. The Bertz CT molecular complexity index is 1340. The molecule has 3 aromatic carbocycles. The van der Waals surface area contributed by atoms with Gasteiger partial charge in [0.05, 0.1) is 10.6 Å². The number of rotatable bonds is 7. The van der Waals surface area contributed by atoms with Crippen molar-refractivity contribution in [1.82, 2.24) is 0 Å². The molecule has 0 aliphatic carbocycles. The van der Waals surface area contributed by atoms with Crippen LogP contribution in [0.1, 0.15) is 18.1 Å². The SMILES string of the molecule is CC(=C(F)C(=O)Nc1ccc(-c2ccccc2S(=O)ON)cc1O)c1cc(C(=N)N)ccc1O. The fourth-order valence-corrected chi connectivity index (χ4v) is 3.84. The van der Waals surface area contributed by atoms with Crippen LogP contribution in [0.5, 0.6) is 11.5 Å². The molecule has 11 heteroatoms. The molecule has 0 saturated heterocycles. The first kappa shape index (κ1) is 24.6. The van der Waals surface area contributed by atoms with E-state index in [2.05, 4.69) is 9.60 Å². The molecule has 3 aromatic rings. The van der Waals surface area contributed by atoms with Crippen molar-refractivity contribution < 1.29 is 27.9 Å².